The van der Waals surface area contributed by atoms with E-state index < -0.39 is 5.91 Å². The van der Waals surface area contributed by atoms with E-state index in [2.05, 4.69) is 26.3 Å². The predicted octanol–water partition coefficient (Wildman–Crippen LogP) is 2.66. The van der Waals surface area contributed by atoms with E-state index in [0.717, 1.165) is 27.6 Å². The summed E-state index contributed by atoms with van der Waals surface area (Å²) in [6.45, 7) is 3.65. The summed E-state index contributed by atoms with van der Waals surface area (Å²) in [5, 5.41) is 15.0. The number of aromatic nitrogens is 5. The number of nitrogens with zero attached hydrogens (tertiary/aromatic N) is 5. The molecule has 1 amide bonds. The molecule has 4 aromatic rings. The van der Waals surface area contributed by atoms with Crippen molar-refractivity contribution in [3.63, 3.8) is 0 Å². The topological polar surface area (TPSA) is 99.6 Å². The Hall–Kier alpha value is -3.61. The number of primary amides is 1. The molecule has 134 valence electrons. The van der Waals surface area contributed by atoms with E-state index in [9.17, 15) is 4.79 Å². The molecule has 0 saturated heterocycles. The normalized spacial score (nSPS) is 11.0. The van der Waals surface area contributed by atoms with Crippen molar-refractivity contribution in [3.8, 4) is 22.8 Å². The van der Waals surface area contributed by atoms with Gasteiger partial charge < -0.3 is 5.73 Å². The minimum absolute atomic E-state index is 0.0588. The van der Waals surface area contributed by atoms with Gasteiger partial charge in [0.25, 0.3) is 0 Å². The number of rotatable bonds is 4. The monoisotopic (exact) mass is 358 g/mol. The molecular weight excluding hydrogens is 340 g/mol. The molecule has 0 atom stereocenters. The third-order valence-corrected chi connectivity index (χ3v) is 4.33. The zero-order valence-corrected chi connectivity index (χ0v) is 15.0. The summed E-state index contributed by atoms with van der Waals surface area (Å²) in [6, 6.07) is 16.0. The Kier molecular flexibility index (Phi) is 4.12. The molecule has 0 aliphatic rings. The van der Waals surface area contributed by atoms with Crippen molar-refractivity contribution in [1.82, 2.24) is 25.0 Å². The third kappa shape index (κ3) is 3.27. The summed E-state index contributed by atoms with van der Waals surface area (Å²) in [6.07, 6.45) is 0. The second kappa shape index (κ2) is 6.60. The molecular formula is C20H18N6O. The van der Waals surface area contributed by atoms with Crippen LogP contribution >= 0.6 is 0 Å². The fraction of sp³-hybridized carbons (Fsp3) is 0.150. The average Bonchev–Trinajstić information content (AvgIpc) is 3.06. The Bertz CT molecular complexity index is 1160. The lowest BCUT2D eigenvalue weighted by molar-refractivity contribution is -0.118. The maximum atomic E-state index is 11.5. The first-order valence-electron chi connectivity index (χ1n) is 8.55. The van der Waals surface area contributed by atoms with Crippen molar-refractivity contribution >= 4 is 16.7 Å². The minimum atomic E-state index is -0.484. The maximum Gasteiger partial charge on any atom is 0.239 e. The van der Waals surface area contributed by atoms with Gasteiger partial charge in [-0.2, -0.15) is 10.2 Å². The fourth-order valence-electron chi connectivity index (χ4n) is 3.03. The second-order valence-corrected chi connectivity index (χ2v) is 6.43. The van der Waals surface area contributed by atoms with E-state index in [1.807, 2.05) is 56.3 Å². The number of hydrogen-bond acceptors (Lipinski definition) is 5. The number of carbonyl (C=O) groups excluding carboxylic acids is 1. The van der Waals surface area contributed by atoms with E-state index in [1.54, 1.807) is 0 Å². The quantitative estimate of drug-likeness (QED) is 0.604. The molecule has 0 bridgehead atoms. The molecule has 0 fully saturated rings. The van der Waals surface area contributed by atoms with Crippen LogP contribution in [0.2, 0.25) is 0 Å². The Labute approximate surface area is 155 Å². The van der Waals surface area contributed by atoms with Crippen molar-refractivity contribution in [2.24, 2.45) is 5.73 Å². The summed E-state index contributed by atoms with van der Waals surface area (Å²) in [4.78, 5) is 16.2. The van der Waals surface area contributed by atoms with Crippen LogP contribution in [0.5, 0.6) is 0 Å². The highest BCUT2D eigenvalue weighted by Gasteiger charge is 2.18. The van der Waals surface area contributed by atoms with E-state index in [4.69, 9.17) is 5.73 Å². The molecule has 7 nitrogen and oxygen atoms in total. The molecule has 0 radical (unpaired) electrons. The highest BCUT2D eigenvalue weighted by atomic mass is 16.1. The summed E-state index contributed by atoms with van der Waals surface area (Å²) >= 11 is 0. The van der Waals surface area contributed by atoms with Gasteiger partial charge in [0.1, 0.15) is 6.54 Å². The molecule has 2 heterocycles. The number of aryl methyl sites for hydroxylation is 2. The first kappa shape index (κ1) is 16.8. The molecule has 0 unspecified atom stereocenters. The van der Waals surface area contributed by atoms with Crippen LogP contribution in [0.25, 0.3) is 33.5 Å². The van der Waals surface area contributed by atoms with Crippen LogP contribution < -0.4 is 5.73 Å². The predicted molar refractivity (Wildman–Crippen MR) is 103 cm³/mol. The number of hydrogen-bond donors (Lipinski definition) is 1. The number of fused-ring (bicyclic) bond motifs is 1. The van der Waals surface area contributed by atoms with Crippen LogP contribution in [0.4, 0.5) is 0 Å². The van der Waals surface area contributed by atoms with E-state index in [1.165, 1.54) is 4.68 Å². The average molecular weight is 358 g/mol. The van der Waals surface area contributed by atoms with Gasteiger partial charge in [-0.3, -0.25) is 4.79 Å². The Morgan fingerprint density at radius 1 is 1.04 bits per heavy atom. The molecule has 2 N–H and O–H groups in total. The molecule has 4 rings (SSSR count). The van der Waals surface area contributed by atoms with Gasteiger partial charge in [0.15, 0.2) is 11.6 Å². The summed E-state index contributed by atoms with van der Waals surface area (Å²) in [5.41, 5.74) is 8.53. The SMILES string of the molecule is Cc1cc(-c2nc(-c3ccc4ccccc4c3)nn2CC(N)=O)c(C)nn1. The van der Waals surface area contributed by atoms with Crippen LogP contribution in [0.15, 0.2) is 48.5 Å². The van der Waals surface area contributed by atoms with E-state index in [-0.39, 0.29) is 6.54 Å². The summed E-state index contributed by atoms with van der Waals surface area (Å²) < 4.78 is 1.52. The molecule has 0 spiro atoms. The van der Waals surface area contributed by atoms with Gasteiger partial charge >= 0.3 is 0 Å². The highest BCUT2D eigenvalue weighted by molar-refractivity contribution is 5.86. The van der Waals surface area contributed by atoms with E-state index in [0.29, 0.717) is 17.3 Å². The largest absolute Gasteiger partial charge is 0.368 e. The van der Waals surface area contributed by atoms with Gasteiger partial charge in [-0.05, 0) is 36.8 Å². The molecule has 27 heavy (non-hydrogen) atoms. The zero-order chi connectivity index (χ0) is 19.0. The smallest absolute Gasteiger partial charge is 0.239 e. The number of amides is 1. The lowest BCUT2D eigenvalue weighted by Gasteiger charge is -2.06. The third-order valence-electron chi connectivity index (χ3n) is 4.33. The van der Waals surface area contributed by atoms with Crippen LogP contribution in [0.1, 0.15) is 11.4 Å². The zero-order valence-electron chi connectivity index (χ0n) is 15.0. The van der Waals surface area contributed by atoms with Gasteiger partial charge in [0.05, 0.1) is 11.4 Å². The Morgan fingerprint density at radius 3 is 2.59 bits per heavy atom. The lowest BCUT2D eigenvalue weighted by atomic mass is 10.1. The van der Waals surface area contributed by atoms with Gasteiger partial charge in [0, 0.05) is 11.1 Å². The van der Waals surface area contributed by atoms with Crippen molar-refractivity contribution in [3.05, 3.63) is 59.9 Å². The summed E-state index contributed by atoms with van der Waals surface area (Å²) in [5.74, 6) is 0.598. The lowest BCUT2D eigenvalue weighted by Crippen LogP contribution is -2.20. The Balaban J connectivity index is 1.87. The fourth-order valence-corrected chi connectivity index (χ4v) is 3.03. The van der Waals surface area contributed by atoms with Crippen molar-refractivity contribution in [2.75, 3.05) is 0 Å². The standard InChI is InChI=1S/C20H18N6O/c1-12-9-17(13(2)24-23-12)20-22-19(25-26(20)11-18(21)27)16-8-7-14-5-3-4-6-15(14)10-16/h3-10H,11H2,1-2H3,(H2,21,27). The summed E-state index contributed by atoms with van der Waals surface area (Å²) in [7, 11) is 0. The first-order valence-corrected chi connectivity index (χ1v) is 8.55. The van der Waals surface area contributed by atoms with Crippen LogP contribution in [0.3, 0.4) is 0 Å². The molecule has 0 aliphatic carbocycles. The highest BCUT2D eigenvalue weighted by Crippen LogP contribution is 2.26. The van der Waals surface area contributed by atoms with Crippen molar-refractivity contribution < 1.29 is 4.79 Å². The molecule has 0 aliphatic heterocycles. The van der Waals surface area contributed by atoms with Gasteiger partial charge in [-0.1, -0.05) is 36.4 Å². The second-order valence-electron chi connectivity index (χ2n) is 6.43. The van der Waals surface area contributed by atoms with Gasteiger partial charge in [-0.25, -0.2) is 9.67 Å². The van der Waals surface area contributed by atoms with Crippen LogP contribution in [-0.4, -0.2) is 30.9 Å². The first-order chi connectivity index (χ1) is 13.0. The molecule has 2 aromatic carbocycles. The van der Waals surface area contributed by atoms with Crippen molar-refractivity contribution in [1.29, 1.82) is 0 Å². The number of carbonyl (C=O) groups is 1. The van der Waals surface area contributed by atoms with Gasteiger partial charge in [-0.15, -0.1) is 5.10 Å². The van der Waals surface area contributed by atoms with Crippen molar-refractivity contribution in [2.45, 2.75) is 20.4 Å². The molecule has 2 aromatic heterocycles. The molecule has 0 saturated carbocycles. The van der Waals surface area contributed by atoms with Gasteiger partial charge in [0.2, 0.25) is 5.91 Å². The van der Waals surface area contributed by atoms with E-state index >= 15 is 0 Å². The Morgan fingerprint density at radius 2 is 1.81 bits per heavy atom. The molecule has 7 heteroatoms. The van der Waals surface area contributed by atoms with Crippen LogP contribution in [0, 0.1) is 13.8 Å². The van der Waals surface area contributed by atoms with Crippen LogP contribution in [-0.2, 0) is 11.3 Å². The number of benzene rings is 2. The maximum absolute atomic E-state index is 11.5. The minimum Gasteiger partial charge on any atom is -0.368 e. The number of nitrogens with two attached hydrogens (primary N) is 1.